The minimum Gasteiger partial charge on any atom is -0.394 e. The van der Waals surface area contributed by atoms with Crippen LogP contribution in [0, 0.1) is 0 Å². The Balaban J connectivity index is 2.10. The predicted octanol–water partition coefficient (Wildman–Crippen LogP) is 1.16. The van der Waals surface area contributed by atoms with Crippen LogP contribution in [-0.2, 0) is 18.2 Å². The van der Waals surface area contributed by atoms with Crippen molar-refractivity contribution in [1.29, 1.82) is 0 Å². The molecular weight excluding hydrogens is 204 g/mol. The molecule has 1 aliphatic heterocycles. The second-order valence-electron chi connectivity index (χ2n) is 4.24. The lowest BCUT2D eigenvalue weighted by Gasteiger charge is -2.24. The molecule has 1 saturated heterocycles. The molecule has 1 aliphatic rings. The number of nitrogen functional groups attached to an aromatic ring is 1. The normalized spacial score (nSPS) is 21.0. The molecule has 2 heterocycles. The van der Waals surface area contributed by atoms with Crippen molar-refractivity contribution >= 4 is 11.5 Å². The van der Waals surface area contributed by atoms with E-state index in [1.54, 1.807) is 0 Å². The molecule has 0 radical (unpaired) electrons. The maximum atomic E-state index is 6.05. The van der Waals surface area contributed by atoms with Gasteiger partial charge in [-0.2, -0.15) is 5.10 Å². The molecule has 0 spiro atoms. The molecule has 3 N–H and O–H groups in total. The average Bonchev–Trinajstić information content (AvgIpc) is 2.58. The van der Waals surface area contributed by atoms with Crippen molar-refractivity contribution in [3.63, 3.8) is 0 Å². The smallest absolute Gasteiger partial charge is 0.148 e. The van der Waals surface area contributed by atoms with Crippen LogP contribution in [0.1, 0.15) is 25.5 Å². The molecule has 5 nitrogen and oxygen atoms in total. The quantitative estimate of drug-likeness (QED) is 0.808. The minimum absolute atomic E-state index is 0.358. The Morgan fingerprint density at radius 2 is 2.44 bits per heavy atom. The molecule has 1 unspecified atom stereocenters. The zero-order valence-electron chi connectivity index (χ0n) is 9.99. The average molecular weight is 224 g/mol. The van der Waals surface area contributed by atoms with Crippen molar-refractivity contribution in [3.8, 4) is 0 Å². The number of ether oxygens (including phenoxy) is 1. The van der Waals surface area contributed by atoms with Crippen LogP contribution in [0.2, 0.25) is 0 Å². The van der Waals surface area contributed by atoms with Crippen molar-refractivity contribution in [1.82, 2.24) is 9.78 Å². The largest absolute Gasteiger partial charge is 0.394 e. The van der Waals surface area contributed by atoms with Gasteiger partial charge in [-0.25, -0.2) is 0 Å². The number of aryl methyl sites for hydroxylation is 2. The van der Waals surface area contributed by atoms with Crippen LogP contribution in [0.25, 0.3) is 0 Å². The van der Waals surface area contributed by atoms with Crippen LogP contribution < -0.4 is 11.1 Å². The lowest BCUT2D eigenvalue weighted by Crippen LogP contribution is -2.31. The molecule has 1 aromatic rings. The van der Waals surface area contributed by atoms with Gasteiger partial charge in [0.1, 0.15) is 5.82 Å². The first kappa shape index (κ1) is 11.3. The summed E-state index contributed by atoms with van der Waals surface area (Å²) in [6.07, 6.45) is 3.10. The third-order valence-electron chi connectivity index (χ3n) is 3.00. The molecular formula is C11H20N4O. The van der Waals surface area contributed by atoms with Gasteiger partial charge in [0.25, 0.3) is 0 Å². The van der Waals surface area contributed by atoms with Gasteiger partial charge >= 0.3 is 0 Å². The summed E-state index contributed by atoms with van der Waals surface area (Å²) in [5.41, 5.74) is 7.78. The molecule has 0 amide bonds. The standard InChI is InChI=1S/C11H20N4O/c1-3-9-10(12)11(15(2)14-9)13-8-5-4-6-16-7-8/h8,13H,3-7,12H2,1-2H3. The molecule has 1 fully saturated rings. The van der Waals surface area contributed by atoms with E-state index in [0.29, 0.717) is 6.04 Å². The van der Waals surface area contributed by atoms with Crippen LogP contribution >= 0.6 is 0 Å². The van der Waals surface area contributed by atoms with Gasteiger partial charge in [-0.3, -0.25) is 4.68 Å². The summed E-state index contributed by atoms with van der Waals surface area (Å²) in [5, 5.41) is 7.81. The Morgan fingerprint density at radius 3 is 3.00 bits per heavy atom. The third-order valence-corrected chi connectivity index (χ3v) is 3.00. The Bertz CT molecular complexity index is 355. The van der Waals surface area contributed by atoms with Gasteiger partial charge in [-0.1, -0.05) is 6.92 Å². The molecule has 1 aromatic heterocycles. The van der Waals surface area contributed by atoms with E-state index in [9.17, 15) is 0 Å². The number of hydrogen-bond donors (Lipinski definition) is 2. The molecule has 0 aromatic carbocycles. The molecule has 2 rings (SSSR count). The highest BCUT2D eigenvalue weighted by Gasteiger charge is 2.18. The van der Waals surface area contributed by atoms with Gasteiger partial charge in [0, 0.05) is 13.7 Å². The van der Waals surface area contributed by atoms with Gasteiger partial charge in [-0.15, -0.1) is 0 Å². The molecule has 0 saturated carbocycles. The van der Waals surface area contributed by atoms with E-state index >= 15 is 0 Å². The van der Waals surface area contributed by atoms with Crippen molar-refractivity contribution in [2.75, 3.05) is 24.3 Å². The van der Waals surface area contributed by atoms with Gasteiger partial charge in [-0.05, 0) is 19.3 Å². The van der Waals surface area contributed by atoms with E-state index in [-0.39, 0.29) is 0 Å². The maximum Gasteiger partial charge on any atom is 0.148 e. The lowest BCUT2D eigenvalue weighted by molar-refractivity contribution is 0.0874. The second kappa shape index (κ2) is 4.74. The number of aromatic nitrogens is 2. The topological polar surface area (TPSA) is 65.1 Å². The first-order valence-electron chi connectivity index (χ1n) is 5.88. The highest BCUT2D eigenvalue weighted by Crippen LogP contribution is 2.24. The number of nitrogens with two attached hydrogens (primary N) is 1. The SMILES string of the molecule is CCc1nn(C)c(NC2CCCOC2)c1N. The Morgan fingerprint density at radius 1 is 1.62 bits per heavy atom. The fourth-order valence-corrected chi connectivity index (χ4v) is 2.08. The zero-order valence-corrected chi connectivity index (χ0v) is 9.99. The molecule has 16 heavy (non-hydrogen) atoms. The van der Waals surface area contributed by atoms with Gasteiger partial charge in [0.15, 0.2) is 0 Å². The summed E-state index contributed by atoms with van der Waals surface area (Å²) in [7, 11) is 1.92. The fourth-order valence-electron chi connectivity index (χ4n) is 2.08. The number of nitrogens with one attached hydrogen (secondary N) is 1. The second-order valence-corrected chi connectivity index (χ2v) is 4.24. The van der Waals surface area contributed by atoms with Crippen LogP contribution in [0.4, 0.5) is 11.5 Å². The Labute approximate surface area is 96.0 Å². The Kier molecular flexibility index (Phi) is 3.33. The van der Waals surface area contributed by atoms with Crippen molar-refractivity contribution in [3.05, 3.63) is 5.69 Å². The number of nitrogens with zero attached hydrogens (tertiary/aromatic N) is 2. The van der Waals surface area contributed by atoms with E-state index < -0.39 is 0 Å². The molecule has 90 valence electrons. The number of hydrogen-bond acceptors (Lipinski definition) is 4. The summed E-state index contributed by atoms with van der Waals surface area (Å²) >= 11 is 0. The van der Waals surface area contributed by atoms with E-state index in [4.69, 9.17) is 10.5 Å². The summed E-state index contributed by atoms with van der Waals surface area (Å²) in [5.74, 6) is 0.923. The van der Waals surface area contributed by atoms with E-state index in [2.05, 4.69) is 17.3 Å². The maximum absolute atomic E-state index is 6.05. The van der Waals surface area contributed by atoms with Crippen LogP contribution in [0.5, 0.6) is 0 Å². The monoisotopic (exact) mass is 224 g/mol. The predicted molar refractivity (Wildman–Crippen MR) is 64.5 cm³/mol. The van der Waals surface area contributed by atoms with E-state index in [1.807, 2.05) is 11.7 Å². The summed E-state index contributed by atoms with van der Waals surface area (Å²) in [4.78, 5) is 0. The van der Waals surface area contributed by atoms with Gasteiger partial charge in [0.2, 0.25) is 0 Å². The van der Waals surface area contributed by atoms with Gasteiger partial charge < -0.3 is 15.8 Å². The van der Waals surface area contributed by atoms with Crippen LogP contribution in [0.3, 0.4) is 0 Å². The van der Waals surface area contributed by atoms with E-state index in [0.717, 1.165) is 49.7 Å². The summed E-state index contributed by atoms with van der Waals surface area (Å²) in [6.45, 7) is 3.69. The highest BCUT2D eigenvalue weighted by molar-refractivity contribution is 5.65. The molecule has 0 aliphatic carbocycles. The fraction of sp³-hybridized carbons (Fsp3) is 0.727. The highest BCUT2D eigenvalue weighted by atomic mass is 16.5. The van der Waals surface area contributed by atoms with E-state index in [1.165, 1.54) is 0 Å². The van der Waals surface area contributed by atoms with Crippen molar-refractivity contribution in [2.24, 2.45) is 7.05 Å². The Hall–Kier alpha value is -1.23. The van der Waals surface area contributed by atoms with Crippen molar-refractivity contribution in [2.45, 2.75) is 32.2 Å². The lowest BCUT2D eigenvalue weighted by atomic mass is 10.1. The zero-order chi connectivity index (χ0) is 11.5. The summed E-state index contributed by atoms with van der Waals surface area (Å²) < 4.78 is 7.26. The molecule has 1 atom stereocenters. The molecule has 0 bridgehead atoms. The number of anilines is 2. The first-order chi connectivity index (χ1) is 7.72. The number of rotatable bonds is 3. The molecule has 5 heteroatoms. The van der Waals surface area contributed by atoms with Crippen molar-refractivity contribution < 1.29 is 4.74 Å². The summed E-state index contributed by atoms with van der Waals surface area (Å²) in [6, 6.07) is 0.358. The third kappa shape index (κ3) is 2.14. The van der Waals surface area contributed by atoms with Crippen LogP contribution in [0.15, 0.2) is 0 Å². The minimum atomic E-state index is 0.358. The van der Waals surface area contributed by atoms with Crippen LogP contribution in [-0.4, -0.2) is 29.0 Å². The van der Waals surface area contributed by atoms with Gasteiger partial charge in [0.05, 0.1) is 24.0 Å². The first-order valence-corrected chi connectivity index (χ1v) is 5.88.